The molecule has 160 valence electrons. The average Bonchev–Trinajstić information content (AvgIpc) is 3.04. The fourth-order valence-electron chi connectivity index (χ4n) is 5.80. The van der Waals surface area contributed by atoms with Crippen molar-refractivity contribution in [2.24, 2.45) is 5.92 Å². The van der Waals surface area contributed by atoms with Gasteiger partial charge < -0.3 is 0 Å². The SMILES string of the molecule is CCN1CC[C@H]2[C@H](c3ccc(C(=O)OC)cc3)c3cc(C)[c]([Sn]([CH3])([CH3])[CH3])cc3[C@H]2C1. The number of piperidine rings is 1. The van der Waals surface area contributed by atoms with Gasteiger partial charge in [-0.1, -0.05) is 0 Å². The number of methoxy groups -OCH3 is 1. The summed E-state index contributed by atoms with van der Waals surface area (Å²) >= 11 is -2.18. The van der Waals surface area contributed by atoms with E-state index in [9.17, 15) is 4.79 Å². The third-order valence-corrected chi connectivity index (χ3v) is 13.4. The zero-order valence-corrected chi connectivity index (χ0v) is 22.1. The summed E-state index contributed by atoms with van der Waals surface area (Å²) in [5, 5.41) is 0. The van der Waals surface area contributed by atoms with Gasteiger partial charge in [0, 0.05) is 0 Å². The quantitative estimate of drug-likeness (QED) is 0.432. The van der Waals surface area contributed by atoms with Crippen molar-refractivity contribution in [2.45, 2.75) is 46.9 Å². The van der Waals surface area contributed by atoms with Crippen LogP contribution in [-0.4, -0.2) is 56.0 Å². The topological polar surface area (TPSA) is 29.5 Å². The number of esters is 1. The van der Waals surface area contributed by atoms with Crippen LogP contribution in [-0.2, 0) is 4.74 Å². The Bertz CT molecular complexity index is 945. The number of aryl methyl sites for hydroxylation is 1. The number of rotatable bonds is 4. The minimum absolute atomic E-state index is 0.263. The molecule has 30 heavy (non-hydrogen) atoms. The number of carbonyl (C=O) groups is 1. The Kier molecular flexibility index (Phi) is 6.06. The maximum absolute atomic E-state index is 11.9. The van der Waals surface area contributed by atoms with Crippen molar-refractivity contribution in [1.82, 2.24) is 4.90 Å². The number of likely N-dealkylation sites (tertiary alicyclic amines) is 1. The van der Waals surface area contributed by atoms with Crippen LogP contribution < -0.4 is 3.58 Å². The van der Waals surface area contributed by atoms with Gasteiger partial charge in [0.1, 0.15) is 0 Å². The molecule has 1 fully saturated rings. The second-order valence-electron chi connectivity index (χ2n) is 10.1. The van der Waals surface area contributed by atoms with Crippen molar-refractivity contribution in [3.05, 3.63) is 64.2 Å². The second kappa shape index (κ2) is 8.31. The van der Waals surface area contributed by atoms with Gasteiger partial charge in [-0.15, -0.1) is 0 Å². The van der Waals surface area contributed by atoms with Crippen LogP contribution >= 0.6 is 0 Å². The fraction of sp³-hybridized carbons (Fsp3) is 0.500. The van der Waals surface area contributed by atoms with Crippen LogP contribution in [0.3, 0.4) is 0 Å². The summed E-state index contributed by atoms with van der Waals surface area (Å²) in [5.41, 5.74) is 6.59. The van der Waals surface area contributed by atoms with Crippen LogP contribution in [0.25, 0.3) is 0 Å². The van der Waals surface area contributed by atoms with Crippen molar-refractivity contribution in [2.75, 3.05) is 26.7 Å². The van der Waals surface area contributed by atoms with Gasteiger partial charge in [0.05, 0.1) is 0 Å². The predicted octanol–water partition coefficient (Wildman–Crippen LogP) is 4.90. The van der Waals surface area contributed by atoms with E-state index < -0.39 is 18.4 Å². The molecule has 0 bridgehead atoms. The number of fused-ring (bicyclic) bond motifs is 3. The molecule has 1 heterocycles. The molecule has 0 aromatic heterocycles. The molecule has 0 amide bonds. The van der Waals surface area contributed by atoms with Crippen molar-refractivity contribution >= 4 is 27.9 Å². The maximum atomic E-state index is 11.9. The van der Waals surface area contributed by atoms with Crippen LogP contribution in [0.1, 0.15) is 57.8 Å². The van der Waals surface area contributed by atoms with Gasteiger partial charge in [0.25, 0.3) is 0 Å². The van der Waals surface area contributed by atoms with Gasteiger partial charge in [-0.05, 0) is 0 Å². The van der Waals surface area contributed by atoms with Crippen LogP contribution in [0, 0.1) is 12.8 Å². The molecule has 1 aliphatic carbocycles. The summed E-state index contributed by atoms with van der Waals surface area (Å²) in [6.45, 7) is 8.09. The van der Waals surface area contributed by atoms with Gasteiger partial charge in [-0.2, -0.15) is 0 Å². The number of nitrogens with zero attached hydrogens (tertiary/aromatic N) is 1. The number of likely N-dealkylation sites (N-methyl/N-ethyl adjacent to an activating group) is 1. The molecule has 0 spiro atoms. The Morgan fingerprint density at radius 2 is 1.83 bits per heavy atom. The van der Waals surface area contributed by atoms with E-state index in [0.717, 1.165) is 6.54 Å². The first-order valence-corrected chi connectivity index (χ1v) is 21.3. The third-order valence-electron chi connectivity index (χ3n) is 7.29. The molecule has 2 aromatic rings. The van der Waals surface area contributed by atoms with Gasteiger partial charge >= 0.3 is 186 Å². The molecule has 3 atom stereocenters. The van der Waals surface area contributed by atoms with E-state index in [1.54, 1.807) is 9.14 Å². The van der Waals surface area contributed by atoms with E-state index in [-0.39, 0.29) is 5.97 Å². The summed E-state index contributed by atoms with van der Waals surface area (Å²) in [6, 6.07) is 13.3. The Morgan fingerprint density at radius 1 is 1.13 bits per heavy atom. The molecule has 0 saturated carbocycles. The average molecular weight is 512 g/mol. The molecule has 1 aliphatic heterocycles. The number of ether oxygens (including phenoxy) is 1. The first-order chi connectivity index (χ1) is 14.2. The summed E-state index contributed by atoms with van der Waals surface area (Å²) in [5.74, 6) is 1.43. The van der Waals surface area contributed by atoms with Gasteiger partial charge in [-0.3, -0.25) is 0 Å². The summed E-state index contributed by atoms with van der Waals surface area (Å²) in [4.78, 5) is 22.1. The molecule has 2 aromatic carbocycles. The molecule has 0 N–H and O–H groups in total. The van der Waals surface area contributed by atoms with Crippen molar-refractivity contribution < 1.29 is 9.53 Å². The summed E-state index contributed by atoms with van der Waals surface area (Å²) in [7, 11) is 1.44. The van der Waals surface area contributed by atoms with Crippen LogP contribution in [0.4, 0.5) is 0 Å². The van der Waals surface area contributed by atoms with E-state index >= 15 is 0 Å². The summed E-state index contributed by atoms with van der Waals surface area (Å²) in [6.07, 6.45) is 1.24. The molecule has 4 heteroatoms. The Labute approximate surface area is 185 Å². The van der Waals surface area contributed by atoms with E-state index in [2.05, 4.69) is 57.8 Å². The van der Waals surface area contributed by atoms with Crippen molar-refractivity contribution in [1.29, 1.82) is 0 Å². The number of hydrogen-bond donors (Lipinski definition) is 0. The Balaban J connectivity index is 1.81. The van der Waals surface area contributed by atoms with Crippen LogP contribution in [0.2, 0.25) is 14.8 Å². The standard InChI is InChI=1S/C23H26NO2.3CH3.Sn/c1-4-24-12-11-19-21(14-24)18-10-5-15(2)13-20(18)22(19)16-6-8-17(9-7-16)23(25)26-3;;;;/h6-10,13,19,21-22H,4,11-12,14H2,1-3H3;3*1H3;/t19-,21-,22+;;;;/m1..../s1. The first-order valence-electron chi connectivity index (χ1n) is 11.3. The van der Waals surface area contributed by atoms with Crippen molar-refractivity contribution in [3.8, 4) is 0 Å². The molecular weight excluding hydrogens is 477 g/mol. The first kappa shape index (κ1) is 21.9. The normalized spacial score (nSPS) is 23.7. The Hall–Kier alpha value is -1.33. The van der Waals surface area contributed by atoms with Gasteiger partial charge in [-0.25, -0.2) is 0 Å². The number of benzene rings is 2. The zero-order chi connectivity index (χ0) is 21.6. The summed E-state index contributed by atoms with van der Waals surface area (Å²) < 4.78 is 6.57. The van der Waals surface area contributed by atoms with E-state index in [1.165, 1.54) is 43.3 Å². The van der Waals surface area contributed by atoms with E-state index in [4.69, 9.17) is 4.74 Å². The number of hydrogen-bond acceptors (Lipinski definition) is 3. The van der Waals surface area contributed by atoms with Gasteiger partial charge in [0.2, 0.25) is 0 Å². The molecule has 0 unspecified atom stereocenters. The van der Waals surface area contributed by atoms with Crippen LogP contribution in [0.5, 0.6) is 0 Å². The van der Waals surface area contributed by atoms with Gasteiger partial charge in [0.15, 0.2) is 0 Å². The fourth-order valence-corrected chi connectivity index (χ4v) is 11.1. The third kappa shape index (κ3) is 3.84. The monoisotopic (exact) mass is 513 g/mol. The zero-order valence-electron chi connectivity index (χ0n) is 19.3. The molecule has 4 rings (SSSR count). The minimum atomic E-state index is -2.18. The molecule has 3 nitrogen and oxygen atoms in total. The number of carbonyl (C=O) groups excluding carboxylic acids is 1. The molecule has 2 aliphatic rings. The van der Waals surface area contributed by atoms with Crippen molar-refractivity contribution in [3.63, 3.8) is 0 Å². The molecule has 1 saturated heterocycles. The predicted molar refractivity (Wildman–Crippen MR) is 127 cm³/mol. The molecule has 0 radical (unpaired) electrons. The Morgan fingerprint density at radius 3 is 2.43 bits per heavy atom. The van der Waals surface area contributed by atoms with Crippen LogP contribution in [0.15, 0.2) is 36.4 Å². The molecular formula is C26H35NO2Sn. The second-order valence-corrected chi connectivity index (χ2v) is 24.5. The van der Waals surface area contributed by atoms with E-state index in [0.29, 0.717) is 23.3 Å². The van der Waals surface area contributed by atoms with E-state index in [1.807, 2.05) is 12.1 Å².